The van der Waals surface area contributed by atoms with Crippen molar-refractivity contribution in [3.05, 3.63) is 64.4 Å². The van der Waals surface area contributed by atoms with Gasteiger partial charge >= 0.3 is 0 Å². The van der Waals surface area contributed by atoms with Crippen LogP contribution < -0.4 is 0 Å². The van der Waals surface area contributed by atoms with Crippen LogP contribution in [0.1, 0.15) is 37.0 Å². The van der Waals surface area contributed by atoms with Crippen molar-refractivity contribution in [2.75, 3.05) is 13.2 Å². The molecule has 0 fully saturated rings. The van der Waals surface area contributed by atoms with Crippen LogP contribution in [0.4, 0.5) is 0 Å². The average Bonchev–Trinajstić information content (AvgIpc) is 2.48. The van der Waals surface area contributed by atoms with Crippen LogP contribution in [0.3, 0.4) is 0 Å². The van der Waals surface area contributed by atoms with Crippen molar-refractivity contribution in [1.82, 2.24) is 4.98 Å². The van der Waals surface area contributed by atoms with Gasteiger partial charge in [-0.1, -0.05) is 35.9 Å². The maximum atomic E-state index is 6.02. The minimum atomic E-state index is -0.338. The normalized spacial score (nSPS) is 11.0. The van der Waals surface area contributed by atoms with Crippen LogP contribution in [0.5, 0.6) is 0 Å². The molecule has 0 saturated carbocycles. The van der Waals surface area contributed by atoms with Crippen molar-refractivity contribution in [1.29, 1.82) is 0 Å². The van der Waals surface area contributed by atoms with E-state index in [1.54, 1.807) is 12.3 Å². The molecule has 2 rings (SSSR count). The molecule has 0 spiro atoms. The Labute approximate surface area is 130 Å². The molecule has 0 unspecified atom stereocenters. The molecule has 0 saturated heterocycles. The summed E-state index contributed by atoms with van der Waals surface area (Å²) in [5.41, 5.74) is 3.11. The first-order valence-corrected chi connectivity index (χ1v) is 7.53. The van der Waals surface area contributed by atoms with Crippen LogP contribution in [0.25, 0.3) is 0 Å². The molecule has 112 valence electrons. The molecule has 0 bridgehead atoms. The highest BCUT2D eigenvalue weighted by Crippen LogP contribution is 2.25. The fourth-order valence-electron chi connectivity index (χ4n) is 2.20. The van der Waals surface area contributed by atoms with Crippen LogP contribution >= 0.6 is 11.6 Å². The van der Waals surface area contributed by atoms with E-state index in [0.717, 1.165) is 16.8 Å². The zero-order chi connectivity index (χ0) is 15.1. The van der Waals surface area contributed by atoms with E-state index in [1.165, 1.54) is 0 Å². The number of halogens is 1. The Hall–Kier alpha value is -1.42. The Kier molecular flexibility index (Phi) is 6.18. The lowest BCUT2D eigenvalue weighted by atomic mass is 10.0. The summed E-state index contributed by atoms with van der Waals surface area (Å²) in [4.78, 5) is 4.36. The number of rotatable bonds is 7. The van der Waals surface area contributed by atoms with Gasteiger partial charge in [0.15, 0.2) is 6.29 Å². The van der Waals surface area contributed by atoms with Crippen molar-refractivity contribution in [3.8, 4) is 0 Å². The number of hydrogen-bond donors (Lipinski definition) is 0. The lowest BCUT2D eigenvalue weighted by molar-refractivity contribution is -0.140. The summed E-state index contributed by atoms with van der Waals surface area (Å²) in [5, 5.41) is 0.698. The predicted molar refractivity (Wildman–Crippen MR) is 84.5 cm³/mol. The van der Waals surface area contributed by atoms with E-state index in [0.29, 0.717) is 24.7 Å². The summed E-state index contributed by atoms with van der Waals surface area (Å²) in [5.74, 6) is 0. The first-order chi connectivity index (χ1) is 10.2. The molecular weight excluding hydrogens is 286 g/mol. The van der Waals surface area contributed by atoms with Crippen LogP contribution in [0.2, 0.25) is 5.02 Å². The summed E-state index contributed by atoms with van der Waals surface area (Å²) in [6.07, 6.45) is 2.09. The molecule has 0 radical (unpaired) electrons. The smallest absolute Gasteiger partial charge is 0.184 e. The summed E-state index contributed by atoms with van der Waals surface area (Å²) in [6, 6.07) is 11.8. The van der Waals surface area contributed by atoms with Crippen LogP contribution in [0, 0.1) is 0 Å². The summed E-state index contributed by atoms with van der Waals surface area (Å²) in [7, 11) is 0. The number of aromatic nitrogens is 1. The van der Waals surface area contributed by atoms with Gasteiger partial charge < -0.3 is 9.47 Å². The van der Waals surface area contributed by atoms with Crippen molar-refractivity contribution >= 4 is 11.6 Å². The van der Waals surface area contributed by atoms with Gasteiger partial charge in [0.05, 0.1) is 0 Å². The van der Waals surface area contributed by atoms with Crippen molar-refractivity contribution in [2.45, 2.75) is 26.6 Å². The Bertz CT molecular complexity index is 568. The minimum Gasteiger partial charge on any atom is -0.349 e. The zero-order valence-electron chi connectivity index (χ0n) is 12.4. The standard InChI is InChI=1S/C17H20ClNO2/c1-3-20-17(21-4-2)16-8-6-5-7-13(16)11-15-12-14(18)9-10-19-15/h5-10,12,17H,3-4,11H2,1-2H3. The predicted octanol–water partition coefficient (Wildman–Crippen LogP) is 4.40. The molecule has 0 aliphatic rings. The quantitative estimate of drug-likeness (QED) is 0.711. The maximum absolute atomic E-state index is 6.02. The van der Waals surface area contributed by atoms with E-state index >= 15 is 0 Å². The van der Waals surface area contributed by atoms with Crippen molar-refractivity contribution < 1.29 is 9.47 Å². The highest BCUT2D eigenvalue weighted by molar-refractivity contribution is 6.30. The lowest BCUT2D eigenvalue weighted by Gasteiger charge is -2.20. The first-order valence-electron chi connectivity index (χ1n) is 7.16. The second kappa shape index (κ2) is 8.13. The Morgan fingerprint density at radius 1 is 1.10 bits per heavy atom. The van der Waals surface area contributed by atoms with Crippen molar-refractivity contribution in [3.63, 3.8) is 0 Å². The first kappa shape index (κ1) is 16.0. The van der Waals surface area contributed by atoms with Crippen LogP contribution in [-0.4, -0.2) is 18.2 Å². The summed E-state index contributed by atoms with van der Waals surface area (Å²) in [6.45, 7) is 5.14. The molecule has 0 amide bonds. The third-order valence-corrected chi connectivity index (χ3v) is 3.33. The minimum absolute atomic E-state index is 0.338. The molecule has 1 heterocycles. The van der Waals surface area contributed by atoms with E-state index in [4.69, 9.17) is 21.1 Å². The zero-order valence-corrected chi connectivity index (χ0v) is 13.1. The van der Waals surface area contributed by atoms with Gasteiger partial charge in [-0.05, 0) is 31.5 Å². The second-order valence-corrected chi connectivity index (χ2v) is 5.02. The molecule has 4 heteroatoms. The van der Waals surface area contributed by atoms with E-state index in [2.05, 4.69) is 11.1 Å². The number of pyridine rings is 1. The molecule has 0 aliphatic heterocycles. The Morgan fingerprint density at radius 3 is 2.48 bits per heavy atom. The molecule has 0 N–H and O–H groups in total. The second-order valence-electron chi connectivity index (χ2n) is 4.58. The fraction of sp³-hybridized carbons (Fsp3) is 0.353. The van der Waals surface area contributed by atoms with E-state index in [-0.39, 0.29) is 6.29 Å². The van der Waals surface area contributed by atoms with Crippen LogP contribution in [-0.2, 0) is 15.9 Å². The SMILES string of the molecule is CCOC(OCC)c1ccccc1Cc1cc(Cl)ccn1. The summed E-state index contributed by atoms with van der Waals surface area (Å²) < 4.78 is 11.4. The van der Waals surface area contributed by atoms with Gasteiger partial charge in [-0.25, -0.2) is 0 Å². The third-order valence-electron chi connectivity index (χ3n) is 3.10. The molecule has 0 atom stereocenters. The van der Waals surface area contributed by atoms with E-state index < -0.39 is 0 Å². The van der Waals surface area contributed by atoms with E-state index in [9.17, 15) is 0 Å². The Morgan fingerprint density at radius 2 is 1.81 bits per heavy atom. The maximum Gasteiger partial charge on any atom is 0.184 e. The van der Waals surface area contributed by atoms with Gasteiger partial charge in [-0.3, -0.25) is 4.98 Å². The number of nitrogens with zero attached hydrogens (tertiary/aromatic N) is 1. The molecule has 1 aromatic heterocycles. The molecule has 2 aromatic rings. The summed E-state index contributed by atoms with van der Waals surface area (Å²) >= 11 is 6.02. The van der Waals surface area contributed by atoms with Gasteiger partial charge in [-0.2, -0.15) is 0 Å². The lowest BCUT2D eigenvalue weighted by Crippen LogP contribution is -2.11. The number of ether oxygens (including phenoxy) is 2. The van der Waals surface area contributed by atoms with Gasteiger partial charge in [-0.15, -0.1) is 0 Å². The largest absolute Gasteiger partial charge is 0.349 e. The topological polar surface area (TPSA) is 31.4 Å². The average molecular weight is 306 g/mol. The third kappa shape index (κ3) is 4.53. The van der Waals surface area contributed by atoms with Crippen molar-refractivity contribution in [2.24, 2.45) is 0 Å². The number of hydrogen-bond acceptors (Lipinski definition) is 3. The van der Waals surface area contributed by atoms with Gasteiger partial charge in [0.2, 0.25) is 0 Å². The molecule has 3 nitrogen and oxygen atoms in total. The molecule has 21 heavy (non-hydrogen) atoms. The Balaban J connectivity index is 2.27. The molecule has 1 aromatic carbocycles. The fourth-order valence-corrected chi connectivity index (χ4v) is 2.38. The highest BCUT2D eigenvalue weighted by atomic mass is 35.5. The molecule has 0 aliphatic carbocycles. The van der Waals surface area contributed by atoms with Gasteiger partial charge in [0, 0.05) is 42.1 Å². The highest BCUT2D eigenvalue weighted by Gasteiger charge is 2.15. The van der Waals surface area contributed by atoms with Gasteiger partial charge in [0.1, 0.15) is 0 Å². The van der Waals surface area contributed by atoms with Gasteiger partial charge in [0.25, 0.3) is 0 Å². The van der Waals surface area contributed by atoms with E-state index in [1.807, 2.05) is 38.1 Å². The monoisotopic (exact) mass is 305 g/mol. The number of benzene rings is 1. The molecular formula is C17H20ClNO2. The van der Waals surface area contributed by atoms with Crippen LogP contribution in [0.15, 0.2) is 42.6 Å².